The highest BCUT2D eigenvalue weighted by atomic mass is 35.5. The molecule has 322 valence electrons. The number of carbonyl (C=O) groups is 2. The number of hydrogen-bond donors (Lipinski definition) is 2. The Hall–Kier alpha value is -5.10. The van der Waals surface area contributed by atoms with Gasteiger partial charge in [-0.15, -0.1) is 0 Å². The highest BCUT2D eigenvalue weighted by Gasteiger charge is 2.34. The number of sulfonamides is 1. The summed E-state index contributed by atoms with van der Waals surface area (Å²) in [6.45, 7) is 4.70. The molecule has 1 unspecified atom stereocenters. The molecule has 5 aromatic rings. The van der Waals surface area contributed by atoms with Crippen LogP contribution >= 0.6 is 11.6 Å². The molecule has 1 aliphatic carbocycles. The Kier molecular flexibility index (Phi) is 11.3. The van der Waals surface area contributed by atoms with Crippen LogP contribution in [0.15, 0.2) is 63.1 Å². The summed E-state index contributed by atoms with van der Waals surface area (Å²) in [5.74, 6) is -0.223. The van der Waals surface area contributed by atoms with E-state index >= 15 is 0 Å². The Morgan fingerprint density at radius 3 is 2.39 bits per heavy atom. The van der Waals surface area contributed by atoms with Crippen molar-refractivity contribution in [3.05, 3.63) is 80.1 Å². The summed E-state index contributed by atoms with van der Waals surface area (Å²) in [6.07, 6.45) is 9.08. The number of carbonyl (C=O) groups excluding carboxylic acids is 2. The second-order valence-corrected chi connectivity index (χ2v) is 19.2. The van der Waals surface area contributed by atoms with Crippen LogP contribution < -0.4 is 26.8 Å². The smallest absolute Gasteiger partial charge is 0.329 e. The van der Waals surface area contributed by atoms with Gasteiger partial charge in [0.2, 0.25) is 27.8 Å². The minimum atomic E-state index is -3.73. The first kappa shape index (κ1) is 41.3. The van der Waals surface area contributed by atoms with Crippen molar-refractivity contribution in [1.29, 1.82) is 0 Å². The fraction of sp³-hybridized carbons (Fsp3) is 0.488. The summed E-state index contributed by atoms with van der Waals surface area (Å²) in [5, 5.41) is 6.43. The predicted octanol–water partition coefficient (Wildman–Crippen LogP) is 5.33. The largest absolute Gasteiger partial charge is 0.378 e. The van der Waals surface area contributed by atoms with E-state index in [1.54, 1.807) is 50.9 Å². The number of nitrogens with zero attached hydrogens (tertiary/aromatic N) is 7. The Morgan fingerprint density at radius 2 is 1.67 bits per heavy atom. The lowest BCUT2D eigenvalue weighted by molar-refractivity contribution is -0.135. The van der Waals surface area contributed by atoms with Gasteiger partial charge in [-0.1, -0.05) is 30.5 Å². The maximum atomic E-state index is 13.8. The van der Waals surface area contributed by atoms with Crippen LogP contribution in [0.4, 0.5) is 17.3 Å². The zero-order valence-electron chi connectivity index (χ0n) is 34.3. The number of pyridine rings is 1. The fourth-order valence-corrected chi connectivity index (χ4v) is 11.4. The van der Waals surface area contributed by atoms with Crippen LogP contribution in [0.2, 0.25) is 5.02 Å². The highest BCUT2D eigenvalue weighted by molar-refractivity contribution is 7.89. The molecule has 1 saturated carbocycles. The molecule has 0 radical (unpaired) electrons. The van der Waals surface area contributed by atoms with Gasteiger partial charge in [-0.3, -0.25) is 33.4 Å². The number of fused-ring (bicyclic) bond motifs is 2. The first-order chi connectivity index (χ1) is 29.4. The van der Waals surface area contributed by atoms with Crippen molar-refractivity contribution in [3.8, 4) is 0 Å². The van der Waals surface area contributed by atoms with E-state index in [1.165, 1.54) is 4.57 Å². The molecule has 16 nitrogen and oxygen atoms in total. The summed E-state index contributed by atoms with van der Waals surface area (Å²) in [7, 11) is -2.01. The number of para-hydroxylation sites is 1. The number of hydrogen-bond acceptors (Lipinski definition) is 11. The zero-order chi connectivity index (χ0) is 42.6. The monoisotopic (exact) mass is 871 g/mol. The van der Waals surface area contributed by atoms with Crippen molar-refractivity contribution in [2.45, 2.75) is 94.2 Å². The van der Waals surface area contributed by atoms with Gasteiger partial charge >= 0.3 is 5.69 Å². The SMILES string of the molecule is Cc1cc(S(=O)(=O)N2CCC(COC3CCN(c4cccc5c4n(C)c(=O)n5C4CCC(=O)NC4=O)CC3)CC2)ccc1Nc1ncc2cc(Cl)c(=O)n(C3CCCC3)c2n1. The third-order valence-electron chi connectivity index (χ3n) is 13.0. The van der Waals surface area contributed by atoms with Crippen molar-refractivity contribution in [2.24, 2.45) is 13.0 Å². The lowest BCUT2D eigenvalue weighted by Crippen LogP contribution is -2.44. The van der Waals surface area contributed by atoms with E-state index in [0.29, 0.717) is 60.7 Å². The predicted molar refractivity (Wildman–Crippen MR) is 232 cm³/mol. The number of aryl methyl sites for hydroxylation is 2. The van der Waals surface area contributed by atoms with E-state index in [-0.39, 0.29) is 58.0 Å². The number of ether oxygens (including phenoxy) is 1. The van der Waals surface area contributed by atoms with E-state index in [9.17, 15) is 27.6 Å². The van der Waals surface area contributed by atoms with Gasteiger partial charge in [0.05, 0.1) is 27.7 Å². The molecule has 0 bridgehead atoms. The molecular formula is C43H50ClN9O7S. The average molecular weight is 872 g/mol. The Bertz CT molecular complexity index is 2760. The second kappa shape index (κ2) is 16.6. The number of rotatable bonds is 10. The van der Waals surface area contributed by atoms with Gasteiger partial charge in [-0.05, 0) is 99.7 Å². The van der Waals surface area contributed by atoms with Crippen molar-refractivity contribution in [3.63, 3.8) is 0 Å². The summed E-state index contributed by atoms with van der Waals surface area (Å²) >= 11 is 6.30. The van der Waals surface area contributed by atoms with Gasteiger partial charge in [-0.25, -0.2) is 18.2 Å². The Labute approximate surface area is 357 Å². The maximum Gasteiger partial charge on any atom is 0.329 e. The van der Waals surface area contributed by atoms with Crippen molar-refractivity contribution >= 4 is 72.8 Å². The molecule has 2 N–H and O–H groups in total. The molecule has 2 amide bonds. The van der Waals surface area contributed by atoms with Crippen LogP contribution in [-0.2, 0) is 31.4 Å². The molecule has 0 spiro atoms. The zero-order valence-corrected chi connectivity index (χ0v) is 35.9. The normalized spacial score (nSPS) is 20.2. The number of anilines is 3. The molecule has 4 fully saturated rings. The molecule has 3 aliphatic heterocycles. The molecule has 2 aromatic carbocycles. The standard InChI is InChI=1S/C43H50ClN9O7S/c1-26-22-31(10-11-33(26)46-42-45-24-28-23-32(44)41(56)52(39(28)48-42)29-6-3-4-7-29)61(58,59)51-20-14-27(15-21-51)25-60-30-16-18-50(19-17-30)34-8-5-9-35-38(34)49(2)43(57)53(35)36-12-13-37(54)47-40(36)55/h5,8-11,22-24,27,29-30,36H,3-4,6-7,12-21,25H2,1-2H3,(H,45,46,48)(H,47,54,55). The van der Waals surface area contributed by atoms with Gasteiger partial charge in [0.15, 0.2) is 0 Å². The van der Waals surface area contributed by atoms with Crippen molar-refractivity contribution < 1.29 is 22.7 Å². The number of halogens is 1. The highest BCUT2D eigenvalue weighted by Crippen LogP contribution is 2.34. The summed E-state index contributed by atoms with van der Waals surface area (Å²) < 4.78 is 40.4. The minimum Gasteiger partial charge on any atom is -0.378 e. The molecule has 6 heterocycles. The topological polar surface area (TPSA) is 183 Å². The third kappa shape index (κ3) is 7.85. The summed E-state index contributed by atoms with van der Waals surface area (Å²) in [4.78, 5) is 62.6. The van der Waals surface area contributed by atoms with E-state index in [1.807, 2.05) is 25.1 Å². The quantitative estimate of drug-likeness (QED) is 0.173. The Morgan fingerprint density at radius 1 is 0.918 bits per heavy atom. The molecule has 1 atom stereocenters. The molecule has 4 aliphatic rings. The molecular weight excluding hydrogens is 822 g/mol. The number of imidazole rings is 1. The molecule has 9 rings (SSSR count). The average Bonchev–Trinajstić information content (AvgIpc) is 3.88. The van der Waals surface area contributed by atoms with Crippen LogP contribution in [0, 0.1) is 12.8 Å². The molecule has 18 heteroatoms. The van der Waals surface area contributed by atoms with Crippen LogP contribution in [0.5, 0.6) is 0 Å². The fourth-order valence-electron chi connectivity index (χ4n) is 9.61. The van der Waals surface area contributed by atoms with E-state index < -0.39 is 22.0 Å². The van der Waals surface area contributed by atoms with Crippen LogP contribution in [0.25, 0.3) is 22.1 Å². The lowest BCUT2D eigenvalue weighted by atomic mass is 9.99. The third-order valence-corrected chi connectivity index (χ3v) is 15.2. The van der Waals surface area contributed by atoms with Crippen molar-refractivity contribution in [2.75, 3.05) is 43.0 Å². The number of amides is 2. The number of benzene rings is 2. The number of imide groups is 1. The van der Waals surface area contributed by atoms with Crippen LogP contribution in [0.1, 0.15) is 81.9 Å². The molecule has 3 aromatic heterocycles. The number of aromatic nitrogens is 5. The summed E-state index contributed by atoms with van der Waals surface area (Å²) in [5.41, 5.74) is 3.71. The minimum absolute atomic E-state index is 0.0364. The van der Waals surface area contributed by atoms with E-state index in [4.69, 9.17) is 21.3 Å². The van der Waals surface area contributed by atoms with Gasteiger partial charge in [0.1, 0.15) is 16.7 Å². The van der Waals surface area contributed by atoms with Crippen LogP contribution in [-0.4, -0.2) is 87.1 Å². The van der Waals surface area contributed by atoms with E-state index in [0.717, 1.165) is 68.4 Å². The lowest BCUT2D eigenvalue weighted by Gasteiger charge is -2.36. The van der Waals surface area contributed by atoms with Gasteiger partial charge in [-0.2, -0.15) is 9.29 Å². The van der Waals surface area contributed by atoms with Crippen molar-refractivity contribution in [1.82, 2.24) is 33.3 Å². The molecule has 3 saturated heterocycles. The van der Waals surface area contributed by atoms with Gasteiger partial charge in [0, 0.05) is 69.6 Å². The van der Waals surface area contributed by atoms with Crippen LogP contribution in [0.3, 0.4) is 0 Å². The van der Waals surface area contributed by atoms with Gasteiger partial charge in [0.25, 0.3) is 5.56 Å². The van der Waals surface area contributed by atoms with Gasteiger partial charge < -0.3 is 15.0 Å². The number of piperidine rings is 3. The first-order valence-electron chi connectivity index (χ1n) is 21.2. The maximum absolute atomic E-state index is 13.8. The summed E-state index contributed by atoms with van der Waals surface area (Å²) in [6, 6.07) is 11.7. The second-order valence-electron chi connectivity index (χ2n) is 16.9. The molecule has 61 heavy (non-hydrogen) atoms. The first-order valence-corrected chi connectivity index (χ1v) is 23.0. The van der Waals surface area contributed by atoms with E-state index in [2.05, 4.69) is 20.5 Å². The Balaban J connectivity index is 0.786. The number of nitrogens with one attached hydrogen (secondary N) is 2.